The molecule has 0 amide bonds. The van der Waals surface area contributed by atoms with E-state index in [2.05, 4.69) is 26.7 Å². The van der Waals surface area contributed by atoms with Gasteiger partial charge < -0.3 is 9.12 Å². The van der Waals surface area contributed by atoms with Crippen LogP contribution in [0.2, 0.25) is 0 Å². The fourth-order valence-corrected chi connectivity index (χ4v) is 2.11. The summed E-state index contributed by atoms with van der Waals surface area (Å²) in [7, 11) is 0.370. The molecule has 8 nitrogen and oxygen atoms in total. The molecule has 0 atom stereocenters. The minimum atomic E-state index is -4.41. The van der Waals surface area contributed by atoms with Gasteiger partial charge in [-0.15, -0.1) is 16.4 Å². The monoisotopic (exact) mass is 358 g/mol. The Bertz CT molecular complexity index is 820. The van der Waals surface area contributed by atoms with Gasteiger partial charge in [0.15, 0.2) is 12.4 Å². The van der Waals surface area contributed by atoms with Crippen molar-refractivity contribution in [2.75, 3.05) is 7.11 Å². The molecule has 0 saturated carbocycles. The summed E-state index contributed by atoms with van der Waals surface area (Å²) >= 11 is 1.59. The largest absolute Gasteiger partial charge is 0.726 e. The highest BCUT2D eigenvalue weighted by molar-refractivity contribution is 7.80. The SMILES string of the molecule is COS(=O)(=O)[O-].Cc1csc(=NN=Cc2cc[n+](C)cc2)n1C. The topological polar surface area (TPSA) is 100.0 Å². The Hall–Kier alpha value is -1.88. The normalized spacial score (nSPS) is 12.3. The van der Waals surface area contributed by atoms with E-state index in [1.54, 1.807) is 17.6 Å². The van der Waals surface area contributed by atoms with Crippen LogP contribution in [0.25, 0.3) is 0 Å². The van der Waals surface area contributed by atoms with Crippen molar-refractivity contribution < 1.29 is 21.7 Å². The van der Waals surface area contributed by atoms with Gasteiger partial charge in [-0.3, -0.25) is 4.18 Å². The van der Waals surface area contributed by atoms with E-state index < -0.39 is 10.4 Å². The summed E-state index contributed by atoms with van der Waals surface area (Å²) in [6.45, 7) is 2.05. The van der Waals surface area contributed by atoms with Crippen LogP contribution in [0, 0.1) is 6.92 Å². The van der Waals surface area contributed by atoms with E-state index in [9.17, 15) is 13.0 Å². The van der Waals surface area contributed by atoms with Gasteiger partial charge >= 0.3 is 0 Å². The van der Waals surface area contributed by atoms with E-state index in [1.807, 2.05) is 47.8 Å². The summed E-state index contributed by atoms with van der Waals surface area (Å²) in [5.41, 5.74) is 2.23. The molecule has 0 aliphatic carbocycles. The lowest BCUT2D eigenvalue weighted by atomic mass is 10.3. The molecule has 0 unspecified atom stereocenters. The molecule has 0 aliphatic heterocycles. The number of nitrogens with zero attached hydrogens (tertiary/aromatic N) is 4. The molecule has 0 radical (unpaired) electrons. The Morgan fingerprint density at radius 1 is 1.39 bits per heavy atom. The first-order valence-electron chi connectivity index (χ1n) is 6.38. The Balaban J connectivity index is 0.000000379. The standard InChI is InChI=1S/C12H15N4S.CH4O4S/c1-10-9-17-12(16(10)3)14-13-8-11-4-6-15(2)7-5-11;1-5-6(2,3)4/h4-9H,1-3H3;1H3,(H,2,3,4)/q+1;/p-1. The van der Waals surface area contributed by atoms with E-state index in [0.29, 0.717) is 0 Å². The average Bonchev–Trinajstić information content (AvgIpc) is 2.81. The third-order valence-electron chi connectivity index (χ3n) is 2.71. The van der Waals surface area contributed by atoms with Crippen molar-refractivity contribution in [1.29, 1.82) is 0 Å². The maximum atomic E-state index is 9.22. The molecule has 2 heterocycles. The molecule has 0 fully saturated rings. The zero-order valence-corrected chi connectivity index (χ0v) is 14.8. The van der Waals surface area contributed by atoms with Gasteiger partial charge in [0.1, 0.15) is 7.05 Å². The molecular formula is C13H18N4O4S2. The molecular weight excluding hydrogens is 340 g/mol. The smallest absolute Gasteiger partial charge is 0.217 e. The van der Waals surface area contributed by atoms with Crippen LogP contribution in [0.4, 0.5) is 0 Å². The minimum absolute atomic E-state index is 0.808. The molecule has 0 aromatic carbocycles. The zero-order chi connectivity index (χ0) is 17.5. The summed E-state index contributed by atoms with van der Waals surface area (Å²) in [6.07, 6.45) is 5.72. The van der Waals surface area contributed by atoms with E-state index >= 15 is 0 Å². The van der Waals surface area contributed by atoms with E-state index in [4.69, 9.17) is 0 Å². The van der Waals surface area contributed by atoms with Crippen molar-refractivity contribution in [3.05, 3.63) is 46.0 Å². The van der Waals surface area contributed by atoms with Crippen LogP contribution in [0.1, 0.15) is 11.3 Å². The molecule has 0 saturated heterocycles. The number of aromatic nitrogens is 2. The molecule has 0 bridgehead atoms. The molecule has 23 heavy (non-hydrogen) atoms. The molecule has 0 spiro atoms. The lowest BCUT2D eigenvalue weighted by molar-refractivity contribution is -0.671. The van der Waals surface area contributed by atoms with Crippen LogP contribution in [0.15, 0.2) is 40.1 Å². The van der Waals surface area contributed by atoms with Crippen molar-refractivity contribution in [2.24, 2.45) is 24.3 Å². The Labute approximate surface area is 139 Å². The minimum Gasteiger partial charge on any atom is -0.726 e. The molecule has 2 aromatic heterocycles. The van der Waals surface area contributed by atoms with Crippen LogP contribution in [-0.2, 0) is 28.7 Å². The van der Waals surface area contributed by atoms with Gasteiger partial charge in [-0.25, -0.2) is 13.0 Å². The number of thiazole rings is 1. The molecule has 0 N–H and O–H groups in total. The fraction of sp³-hybridized carbons (Fsp3) is 0.308. The van der Waals surface area contributed by atoms with Crippen molar-refractivity contribution >= 4 is 28.0 Å². The van der Waals surface area contributed by atoms with Gasteiger partial charge in [0.25, 0.3) is 0 Å². The third kappa shape index (κ3) is 7.28. The van der Waals surface area contributed by atoms with Crippen LogP contribution in [0.3, 0.4) is 0 Å². The predicted octanol–water partition coefficient (Wildman–Crippen LogP) is 0.247. The van der Waals surface area contributed by atoms with Crippen molar-refractivity contribution in [3.8, 4) is 0 Å². The second-order valence-corrected chi connectivity index (χ2v) is 6.42. The zero-order valence-electron chi connectivity index (χ0n) is 13.2. The summed E-state index contributed by atoms with van der Waals surface area (Å²) < 4.78 is 35.0. The third-order valence-corrected chi connectivity index (χ3v) is 4.14. The average molecular weight is 358 g/mol. The second-order valence-electron chi connectivity index (χ2n) is 4.44. The van der Waals surface area contributed by atoms with Crippen molar-refractivity contribution in [1.82, 2.24) is 4.57 Å². The number of rotatable bonds is 3. The number of hydrogen-bond acceptors (Lipinski definition) is 7. The van der Waals surface area contributed by atoms with Gasteiger partial charge in [-0.1, -0.05) is 0 Å². The Morgan fingerprint density at radius 3 is 2.39 bits per heavy atom. The number of aryl methyl sites for hydroxylation is 2. The first kappa shape index (κ1) is 19.2. The van der Waals surface area contributed by atoms with Crippen LogP contribution in [-0.4, -0.2) is 30.9 Å². The molecule has 10 heteroatoms. The van der Waals surface area contributed by atoms with Gasteiger partial charge in [0.05, 0.1) is 13.3 Å². The van der Waals surface area contributed by atoms with E-state index in [1.165, 1.54) is 5.69 Å². The summed E-state index contributed by atoms with van der Waals surface area (Å²) in [5, 5.41) is 10.4. The van der Waals surface area contributed by atoms with Crippen LogP contribution >= 0.6 is 11.3 Å². The van der Waals surface area contributed by atoms with Gasteiger partial charge in [0, 0.05) is 35.8 Å². The van der Waals surface area contributed by atoms with Crippen LogP contribution in [0.5, 0.6) is 0 Å². The quantitative estimate of drug-likeness (QED) is 0.258. The second kappa shape index (κ2) is 8.67. The molecule has 2 aromatic rings. The van der Waals surface area contributed by atoms with Crippen molar-refractivity contribution in [2.45, 2.75) is 6.92 Å². The fourth-order valence-electron chi connectivity index (χ4n) is 1.28. The van der Waals surface area contributed by atoms with Gasteiger partial charge in [0.2, 0.25) is 15.2 Å². The number of pyridine rings is 1. The lowest BCUT2D eigenvalue weighted by Crippen LogP contribution is -2.25. The lowest BCUT2D eigenvalue weighted by Gasteiger charge is -1.98. The highest BCUT2D eigenvalue weighted by Crippen LogP contribution is 1.96. The highest BCUT2D eigenvalue weighted by atomic mass is 32.3. The van der Waals surface area contributed by atoms with Crippen LogP contribution < -0.4 is 9.37 Å². The summed E-state index contributed by atoms with van der Waals surface area (Å²) in [4.78, 5) is 0.903. The maximum Gasteiger partial charge on any atom is 0.217 e. The Morgan fingerprint density at radius 2 is 1.96 bits per heavy atom. The summed E-state index contributed by atoms with van der Waals surface area (Å²) in [6, 6.07) is 4.00. The molecule has 2 rings (SSSR count). The molecule has 0 aliphatic rings. The first-order chi connectivity index (χ1) is 10.7. The molecule has 126 valence electrons. The highest BCUT2D eigenvalue weighted by Gasteiger charge is 1.94. The predicted molar refractivity (Wildman–Crippen MR) is 85.5 cm³/mol. The van der Waals surface area contributed by atoms with E-state index in [-0.39, 0.29) is 0 Å². The van der Waals surface area contributed by atoms with Gasteiger partial charge in [-0.05, 0) is 6.92 Å². The summed E-state index contributed by atoms with van der Waals surface area (Å²) in [5.74, 6) is 0. The number of hydrogen-bond donors (Lipinski definition) is 0. The Kier molecular flexibility index (Phi) is 7.23. The maximum absolute atomic E-state index is 9.22. The van der Waals surface area contributed by atoms with Gasteiger partial charge in [-0.2, -0.15) is 5.10 Å². The van der Waals surface area contributed by atoms with E-state index in [0.717, 1.165) is 17.5 Å². The van der Waals surface area contributed by atoms with Crippen molar-refractivity contribution in [3.63, 3.8) is 0 Å². The first-order valence-corrected chi connectivity index (χ1v) is 8.59.